The zero-order valence-corrected chi connectivity index (χ0v) is 23.5. The molecule has 0 saturated heterocycles. The maximum absolute atomic E-state index is 13.4. The number of aryl methyl sites for hydroxylation is 1. The number of nitrogens with one attached hydrogen (secondary N) is 3. The lowest BCUT2D eigenvalue weighted by atomic mass is 9.86. The van der Waals surface area contributed by atoms with Crippen molar-refractivity contribution in [1.29, 1.82) is 0 Å². The Hall–Kier alpha value is -3.70. The van der Waals surface area contributed by atoms with Gasteiger partial charge in [-0.15, -0.1) is 11.3 Å². The van der Waals surface area contributed by atoms with E-state index in [1.165, 1.54) is 24.6 Å². The predicted octanol–water partition coefficient (Wildman–Crippen LogP) is 4.79. The van der Waals surface area contributed by atoms with Gasteiger partial charge >= 0.3 is 0 Å². The fraction of sp³-hybridized carbons (Fsp3) is 0.296. The van der Waals surface area contributed by atoms with E-state index in [1.807, 2.05) is 26.8 Å². The summed E-state index contributed by atoms with van der Waals surface area (Å²) in [5.41, 5.74) is 2.98. The van der Waals surface area contributed by atoms with E-state index in [-0.39, 0.29) is 28.7 Å². The summed E-state index contributed by atoms with van der Waals surface area (Å²) in [7, 11) is -2.18. The van der Waals surface area contributed by atoms with Gasteiger partial charge in [0, 0.05) is 28.5 Å². The van der Waals surface area contributed by atoms with Crippen molar-refractivity contribution in [3.63, 3.8) is 0 Å². The number of nitrogens with zero attached hydrogens (tertiary/aromatic N) is 1. The van der Waals surface area contributed by atoms with Gasteiger partial charge in [0.1, 0.15) is 0 Å². The van der Waals surface area contributed by atoms with Gasteiger partial charge in [-0.05, 0) is 54.2 Å². The van der Waals surface area contributed by atoms with E-state index in [0.717, 1.165) is 35.1 Å². The molecule has 3 aromatic rings. The largest absolute Gasteiger partial charge is 0.492 e. The van der Waals surface area contributed by atoms with Crippen molar-refractivity contribution in [2.24, 2.45) is 0 Å². The zero-order chi connectivity index (χ0) is 27.7. The minimum atomic E-state index is -3.59. The van der Waals surface area contributed by atoms with Crippen molar-refractivity contribution in [2.75, 3.05) is 23.4 Å². The molecule has 0 unspecified atom stereocenters. The molecular formula is C27H30N4O5S2. The highest BCUT2D eigenvalue weighted by Gasteiger charge is 2.25. The number of carbonyl (C=O) groups excluding carboxylic acids is 2. The number of rotatable bonds is 7. The minimum absolute atomic E-state index is 0.211. The highest BCUT2D eigenvalue weighted by atomic mass is 32.2. The van der Waals surface area contributed by atoms with Crippen LogP contribution in [0.25, 0.3) is 5.70 Å². The van der Waals surface area contributed by atoms with E-state index in [1.54, 1.807) is 36.5 Å². The summed E-state index contributed by atoms with van der Waals surface area (Å²) in [6, 6.07) is 8.64. The first-order valence-electron chi connectivity index (χ1n) is 11.9. The summed E-state index contributed by atoms with van der Waals surface area (Å²) in [6.07, 6.45) is 7.60. The maximum atomic E-state index is 13.4. The molecule has 11 heteroatoms. The third kappa shape index (κ3) is 6.22. The molecule has 2 aromatic heterocycles. The Morgan fingerprint density at radius 1 is 1.08 bits per heavy atom. The van der Waals surface area contributed by atoms with Crippen molar-refractivity contribution >= 4 is 50.2 Å². The highest BCUT2D eigenvalue weighted by Crippen LogP contribution is 2.40. The number of amides is 2. The number of hydrogen-bond donors (Lipinski definition) is 3. The standard InChI is InChI=1S/C27H30N4O5S2/c1-27(2,3)17-12-20(24(36-4)21(13-17)31-38(5,34)35)30-26(33)23-14-18-19(9-6-10-22(18)37-23)29-25(32)16-8-7-11-28-15-16/h7-9,11-15,31H,6,10H2,1-5H3,(H,29,32)(H,30,33). The van der Waals surface area contributed by atoms with Gasteiger partial charge in [0.25, 0.3) is 11.8 Å². The van der Waals surface area contributed by atoms with Gasteiger partial charge in [-0.2, -0.15) is 0 Å². The first-order valence-corrected chi connectivity index (χ1v) is 14.6. The van der Waals surface area contributed by atoms with Crippen LogP contribution in [-0.2, 0) is 21.9 Å². The summed E-state index contributed by atoms with van der Waals surface area (Å²) in [5.74, 6) is -0.427. The molecule has 0 atom stereocenters. The number of thiophene rings is 1. The van der Waals surface area contributed by atoms with Gasteiger partial charge in [-0.1, -0.05) is 26.8 Å². The number of sulfonamides is 1. The van der Waals surface area contributed by atoms with Crippen LogP contribution in [0.3, 0.4) is 0 Å². The average Bonchev–Trinajstić information content (AvgIpc) is 3.28. The molecule has 0 saturated carbocycles. The van der Waals surface area contributed by atoms with E-state index in [9.17, 15) is 18.0 Å². The van der Waals surface area contributed by atoms with Gasteiger partial charge in [0.2, 0.25) is 10.0 Å². The van der Waals surface area contributed by atoms with Crippen LogP contribution < -0.4 is 20.1 Å². The van der Waals surface area contributed by atoms with Crippen LogP contribution in [0, 0.1) is 0 Å². The Balaban J connectivity index is 1.64. The van der Waals surface area contributed by atoms with Crippen molar-refractivity contribution < 1.29 is 22.7 Å². The van der Waals surface area contributed by atoms with Crippen LogP contribution in [0.2, 0.25) is 0 Å². The first kappa shape index (κ1) is 27.3. The van der Waals surface area contributed by atoms with Gasteiger partial charge in [-0.3, -0.25) is 19.3 Å². The number of anilines is 2. The third-order valence-electron chi connectivity index (χ3n) is 5.92. The van der Waals surface area contributed by atoms with Crippen molar-refractivity contribution in [3.05, 3.63) is 75.2 Å². The Morgan fingerprint density at radius 2 is 1.82 bits per heavy atom. The second-order valence-electron chi connectivity index (χ2n) is 9.98. The zero-order valence-electron chi connectivity index (χ0n) is 21.8. The number of fused-ring (bicyclic) bond motifs is 1. The Kier molecular flexibility index (Phi) is 7.61. The first-order chi connectivity index (χ1) is 17.9. The molecular weight excluding hydrogens is 524 g/mol. The van der Waals surface area contributed by atoms with E-state index in [0.29, 0.717) is 21.8 Å². The molecule has 0 spiro atoms. The lowest BCUT2D eigenvalue weighted by molar-refractivity contribution is 0.0972. The molecule has 200 valence electrons. The van der Waals surface area contributed by atoms with Gasteiger partial charge in [-0.25, -0.2) is 8.42 Å². The predicted molar refractivity (Wildman–Crippen MR) is 150 cm³/mol. The number of benzene rings is 1. The Morgan fingerprint density at radius 3 is 2.45 bits per heavy atom. The van der Waals surface area contributed by atoms with Crippen molar-refractivity contribution in [2.45, 2.75) is 39.0 Å². The molecule has 0 bridgehead atoms. The molecule has 4 rings (SSSR count). The van der Waals surface area contributed by atoms with Crippen LogP contribution in [-0.4, -0.2) is 38.6 Å². The number of methoxy groups -OCH3 is 1. The summed E-state index contributed by atoms with van der Waals surface area (Å²) in [5, 5.41) is 5.84. The van der Waals surface area contributed by atoms with E-state index in [2.05, 4.69) is 20.3 Å². The number of allylic oxidation sites excluding steroid dienone is 1. The van der Waals surface area contributed by atoms with Crippen LogP contribution >= 0.6 is 11.3 Å². The van der Waals surface area contributed by atoms with Crippen LogP contribution in [0.4, 0.5) is 11.4 Å². The topological polar surface area (TPSA) is 126 Å². The average molecular weight is 555 g/mol. The number of hydrogen-bond acceptors (Lipinski definition) is 7. The second-order valence-corrected chi connectivity index (χ2v) is 12.9. The lowest BCUT2D eigenvalue weighted by Gasteiger charge is -2.23. The van der Waals surface area contributed by atoms with E-state index in [4.69, 9.17) is 4.74 Å². The normalized spacial score (nSPS) is 13.2. The fourth-order valence-corrected chi connectivity index (χ4v) is 5.69. The molecule has 0 radical (unpaired) electrons. The summed E-state index contributed by atoms with van der Waals surface area (Å²) in [6.45, 7) is 5.98. The molecule has 3 N–H and O–H groups in total. The Bertz CT molecular complexity index is 1520. The van der Waals surface area contributed by atoms with Crippen LogP contribution in [0.15, 0.2) is 48.8 Å². The Labute approximate surface area is 226 Å². The van der Waals surface area contributed by atoms with Gasteiger partial charge in [0.15, 0.2) is 5.75 Å². The molecule has 2 heterocycles. The SMILES string of the molecule is COc1c(NC(=O)c2cc3c(s2)CCC=C3NC(=O)c2cccnc2)cc(C(C)(C)C)cc1NS(C)(=O)=O. The number of carbonyl (C=O) groups is 2. The molecule has 9 nitrogen and oxygen atoms in total. The van der Waals surface area contributed by atoms with Crippen LogP contribution in [0.1, 0.15) is 63.2 Å². The molecule has 1 aromatic carbocycles. The smallest absolute Gasteiger partial charge is 0.265 e. The molecule has 1 aliphatic carbocycles. The maximum Gasteiger partial charge on any atom is 0.265 e. The lowest BCUT2D eigenvalue weighted by Crippen LogP contribution is -2.23. The molecule has 1 aliphatic rings. The number of pyridine rings is 1. The van der Waals surface area contributed by atoms with E-state index >= 15 is 0 Å². The van der Waals surface area contributed by atoms with Gasteiger partial charge in [0.05, 0.1) is 35.2 Å². The highest BCUT2D eigenvalue weighted by molar-refractivity contribution is 7.92. The fourth-order valence-electron chi connectivity index (χ4n) is 4.06. The summed E-state index contributed by atoms with van der Waals surface area (Å²) in [4.78, 5) is 31.5. The monoisotopic (exact) mass is 554 g/mol. The molecule has 0 fully saturated rings. The molecule has 2 amide bonds. The third-order valence-corrected chi connectivity index (χ3v) is 7.70. The molecule has 38 heavy (non-hydrogen) atoms. The van der Waals surface area contributed by atoms with Gasteiger partial charge < -0.3 is 15.4 Å². The molecule has 0 aliphatic heterocycles. The summed E-state index contributed by atoms with van der Waals surface area (Å²) >= 11 is 1.36. The number of aromatic nitrogens is 1. The second kappa shape index (κ2) is 10.6. The van der Waals surface area contributed by atoms with Crippen molar-refractivity contribution in [3.8, 4) is 5.75 Å². The minimum Gasteiger partial charge on any atom is -0.492 e. The van der Waals surface area contributed by atoms with Crippen LogP contribution in [0.5, 0.6) is 5.75 Å². The van der Waals surface area contributed by atoms with Crippen molar-refractivity contribution in [1.82, 2.24) is 10.3 Å². The number of ether oxygens (including phenoxy) is 1. The van der Waals surface area contributed by atoms with E-state index < -0.39 is 10.0 Å². The quantitative estimate of drug-likeness (QED) is 0.386. The summed E-state index contributed by atoms with van der Waals surface area (Å²) < 4.78 is 32.0.